The molecule has 0 saturated carbocycles. The van der Waals surface area contributed by atoms with E-state index in [4.69, 9.17) is 0 Å². The Morgan fingerprint density at radius 2 is 2.19 bits per heavy atom. The molecule has 0 spiro atoms. The smallest absolute Gasteiger partial charge is 0.167 e. The highest BCUT2D eigenvalue weighted by atomic mass is 19.2. The van der Waals surface area contributed by atoms with E-state index < -0.39 is 11.6 Å². The Balaban J connectivity index is 1.83. The standard InChI is InChI=1S/C15H18F2N4/c1-10-18-15(20-19-10)13-7-2-3-8-21(13)9-11-5-4-6-12(16)14(11)17/h4-6,13H,2-3,7-9H2,1H3,(H,18,19,20)/t13-/m1/s1. The lowest BCUT2D eigenvalue weighted by molar-refractivity contribution is 0.132. The van der Waals surface area contributed by atoms with Crippen LogP contribution in [0, 0.1) is 18.6 Å². The van der Waals surface area contributed by atoms with Crippen LogP contribution < -0.4 is 0 Å². The zero-order valence-corrected chi connectivity index (χ0v) is 11.9. The van der Waals surface area contributed by atoms with E-state index in [2.05, 4.69) is 20.1 Å². The molecule has 1 fully saturated rings. The molecule has 2 heterocycles. The van der Waals surface area contributed by atoms with Gasteiger partial charge in [0.15, 0.2) is 17.5 Å². The van der Waals surface area contributed by atoms with Crippen molar-refractivity contribution in [2.75, 3.05) is 6.54 Å². The van der Waals surface area contributed by atoms with Crippen LogP contribution in [0.25, 0.3) is 0 Å². The van der Waals surface area contributed by atoms with Crippen LogP contribution in [-0.2, 0) is 6.54 Å². The second-order valence-corrected chi connectivity index (χ2v) is 5.47. The van der Waals surface area contributed by atoms with Gasteiger partial charge in [0, 0.05) is 12.1 Å². The fraction of sp³-hybridized carbons (Fsp3) is 0.467. The van der Waals surface area contributed by atoms with Crippen molar-refractivity contribution in [1.82, 2.24) is 20.1 Å². The highest BCUT2D eigenvalue weighted by Crippen LogP contribution is 2.30. The van der Waals surface area contributed by atoms with Gasteiger partial charge in [-0.1, -0.05) is 18.6 Å². The van der Waals surface area contributed by atoms with E-state index in [1.165, 1.54) is 0 Å². The quantitative estimate of drug-likeness (QED) is 0.945. The van der Waals surface area contributed by atoms with Gasteiger partial charge in [0.05, 0.1) is 6.04 Å². The van der Waals surface area contributed by atoms with Crippen LogP contribution in [-0.4, -0.2) is 26.6 Å². The van der Waals surface area contributed by atoms with E-state index in [-0.39, 0.29) is 6.04 Å². The Morgan fingerprint density at radius 1 is 1.33 bits per heavy atom. The second kappa shape index (κ2) is 5.89. The number of hydrogen-bond acceptors (Lipinski definition) is 3. The normalized spacial score (nSPS) is 19.9. The molecule has 4 nitrogen and oxygen atoms in total. The zero-order valence-electron chi connectivity index (χ0n) is 11.9. The van der Waals surface area contributed by atoms with E-state index in [0.29, 0.717) is 12.1 Å². The minimum atomic E-state index is -0.796. The van der Waals surface area contributed by atoms with E-state index >= 15 is 0 Å². The zero-order chi connectivity index (χ0) is 14.8. The molecule has 0 bridgehead atoms. The number of nitrogens with zero attached hydrogens (tertiary/aromatic N) is 3. The Hall–Kier alpha value is -1.82. The van der Waals surface area contributed by atoms with Crippen molar-refractivity contribution in [3.63, 3.8) is 0 Å². The van der Waals surface area contributed by atoms with Crippen molar-refractivity contribution in [3.05, 3.63) is 47.0 Å². The van der Waals surface area contributed by atoms with E-state index in [1.807, 2.05) is 6.92 Å². The molecule has 21 heavy (non-hydrogen) atoms. The summed E-state index contributed by atoms with van der Waals surface area (Å²) in [6.45, 7) is 3.08. The van der Waals surface area contributed by atoms with Crippen molar-refractivity contribution in [3.8, 4) is 0 Å². The lowest BCUT2D eigenvalue weighted by Gasteiger charge is -2.34. The second-order valence-electron chi connectivity index (χ2n) is 5.47. The van der Waals surface area contributed by atoms with Crippen molar-refractivity contribution in [2.45, 2.75) is 38.8 Å². The van der Waals surface area contributed by atoms with Gasteiger partial charge in [0.25, 0.3) is 0 Å². The summed E-state index contributed by atoms with van der Waals surface area (Å²) in [5.74, 6) is -0.0424. The molecule has 1 aromatic heterocycles. The molecule has 3 rings (SSSR count). The summed E-state index contributed by atoms with van der Waals surface area (Å²) < 4.78 is 27.2. The van der Waals surface area contributed by atoms with Crippen LogP contribution in [0.15, 0.2) is 18.2 Å². The van der Waals surface area contributed by atoms with Gasteiger partial charge in [-0.25, -0.2) is 13.8 Å². The maximum absolute atomic E-state index is 13.9. The van der Waals surface area contributed by atoms with Crippen molar-refractivity contribution >= 4 is 0 Å². The summed E-state index contributed by atoms with van der Waals surface area (Å²) in [4.78, 5) is 6.52. The summed E-state index contributed by atoms with van der Waals surface area (Å²) in [6, 6.07) is 4.38. The van der Waals surface area contributed by atoms with Gasteiger partial charge < -0.3 is 0 Å². The van der Waals surface area contributed by atoms with Gasteiger partial charge in [-0.3, -0.25) is 10.00 Å². The molecule has 1 aliphatic heterocycles. The predicted octanol–water partition coefficient (Wildman–Crippen LogP) is 3.12. The number of nitrogens with one attached hydrogen (secondary N) is 1. The highest BCUT2D eigenvalue weighted by Gasteiger charge is 2.27. The molecular weight excluding hydrogens is 274 g/mol. The Kier molecular flexibility index (Phi) is 3.96. The molecule has 112 valence electrons. The van der Waals surface area contributed by atoms with Gasteiger partial charge in [-0.05, 0) is 32.4 Å². The molecule has 1 saturated heterocycles. The van der Waals surface area contributed by atoms with Crippen LogP contribution >= 0.6 is 0 Å². The number of H-pyrrole nitrogens is 1. The van der Waals surface area contributed by atoms with Crippen LogP contribution in [0.4, 0.5) is 8.78 Å². The summed E-state index contributed by atoms with van der Waals surface area (Å²) in [6.07, 6.45) is 3.09. The van der Waals surface area contributed by atoms with Crippen molar-refractivity contribution < 1.29 is 8.78 Å². The average molecular weight is 292 g/mol. The monoisotopic (exact) mass is 292 g/mol. The number of likely N-dealkylation sites (tertiary alicyclic amines) is 1. The number of benzene rings is 1. The molecule has 0 unspecified atom stereocenters. The van der Waals surface area contributed by atoms with Crippen LogP contribution in [0.3, 0.4) is 0 Å². The maximum atomic E-state index is 13.9. The van der Waals surface area contributed by atoms with E-state index in [9.17, 15) is 8.78 Å². The first kappa shape index (κ1) is 14.1. The Labute approximate surface area is 122 Å². The number of aromatic amines is 1. The Morgan fingerprint density at radius 3 is 2.95 bits per heavy atom. The summed E-state index contributed by atoms with van der Waals surface area (Å²) in [7, 11) is 0. The maximum Gasteiger partial charge on any atom is 0.167 e. The summed E-state index contributed by atoms with van der Waals surface area (Å²) in [5, 5.41) is 7.07. The first-order chi connectivity index (χ1) is 10.1. The predicted molar refractivity (Wildman–Crippen MR) is 74.5 cm³/mol. The molecule has 0 radical (unpaired) electrons. The molecule has 1 N–H and O–H groups in total. The third-order valence-corrected chi connectivity index (χ3v) is 3.93. The minimum Gasteiger partial charge on any atom is -0.289 e. The SMILES string of the molecule is Cc1nc([C@H]2CCCCN2Cc2cccc(F)c2F)n[nH]1. The Bertz CT molecular complexity index is 626. The van der Waals surface area contributed by atoms with Crippen LogP contribution in [0.1, 0.15) is 42.5 Å². The van der Waals surface area contributed by atoms with E-state index in [1.54, 1.807) is 12.1 Å². The lowest BCUT2D eigenvalue weighted by Crippen LogP contribution is -2.34. The van der Waals surface area contributed by atoms with Crippen molar-refractivity contribution in [1.29, 1.82) is 0 Å². The van der Waals surface area contributed by atoms with Gasteiger partial charge in [0.2, 0.25) is 0 Å². The van der Waals surface area contributed by atoms with Gasteiger partial charge >= 0.3 is 0 Å². The number of aryl methyl sites for hydroxylation is 1. The molecular formula is C15H18F2N4. The molecule has 1 aliphatic rings. The largest absolute Gasteiger partial charge is 0.289 e. The molecule has 0 amide bonds. The number of rotatable bonds is 3. The molecule has 0 aliphatic carbocycles. The van der Waals surface area contributed by atoms with Crippen LogP contribution in [0.5, 0.6) is 0 Å². The third kappa shape index (κ3) is 2.95. The fourth-order valence-corrected chi connectivity index (χ4v) is 2.87. The first-order valence-electron chi connectivity index (χ1n) is 7.21. The first-order valence-corrected chi connectivity index (χ1v) is 7.21. The topological polar surface area (TPSA) is 44.8 Å². The number of piperidine rings is 1. The van der Waals surface area contributed by atoms with Crippen LogP contribution in [0.2, 0.25) is 0 Å². The number of aromatic nitrogens is 3. The summed E-state index contributed by atoms with van der Waals surface area (Å²) in [5.41, 5.74) is 0.383. The fourth-order valence-electron chi connectivity index (χ4n) is 2.87. The average Bonchev–Trinajstić information content (AvgIpc) is 2.91. The molecule has 1 aromatic carbocycles. The van der Waals surface area contributed by atoms with E-state index in [0.717, 1.165) is 43.5 Å². The highest BCUT2D eigenvalue weighted by molar-refractivity contribution is 5.19. The van der Waals surface area contributed by atoms with Gasteiger partial charge in [0.1, 0.15) is 5.82 Å². The molecule has 1 atom stereocenters. The number of halogens is 2. The van der Waals surface area contributed by atoms with Gasteiger partial charge in [-0.15, -0.1) is 0 Å². The van der Waals surface area contributed by atoms with Gasteiger partial charge in [-0.2, -0.15) is 5.10 Å². The third-order valence-electron chi connectivity index (χ3n) is 3.93. The molecule has 2 aromatic rings. The van der Waals surface area contributed by atoms with Crippen molar-refractivity contribution in [2.24, 2.45) is 0 Å². The molecule has 6 heteroatoms. The number of hydrogen-bond donors (Lipinski definition) is 1. The summed E-state index contributed by atoms with van der Waals surface area (Å²) >= 11 is 0. The lowest BCUT2D eigenvalue weighted by atomic mass is 10.0. The minimum absolute atomic E-state index is 0.0615.